The fraction of sp³-hybridized carbons (Fsp3) is 0.500. The molecular formula is C12H18O2. The molecule has 1 aromatic carbocycles. The molecule has 0 spiro atoms. The van der Waals surface area contributed by atoms with Crippen LogP contribution in [0.5, 0.6) is 11.5 Å². The zero-order chi connectivity index (χ0) is 10.6. The maximum atomic E-state index is 5.76. The quantitative estimate of drug-likeness (QED) is 0.733. The van der Waals surface area contributed by atoms with Crippen LogP contribution in [-0.2, 0) is 0 Å². The molecular weight excluding hydrogens is 176 g/mol. The lowest BCUT2D eigenvalue weighted by molar-refractivity contribution is 0.215. The lowest BCUT2D eigenvalue weighted by Gasteiger charge is -2.15. The van der Waals surface area contributed by atoms with Gasteiger partial charge in [-0.25, -0.2) is 0 Å². The molecule has 0 radical (unpaired) electrons. The van der Waals surface area contributed by atoms with E-state index >= 15 is 0 Å². The first-order chi connectivity index (χ1) is 6.67. The highest BCUT2D eigenvalue weighted by Crippen LogP contribution is 2.25. The normalized spacial score (nSPS) is 12.3. The average molecular weight is 194 g/mol. The second kappa shape index (κ2) is 4.89. The van der Waals surface area contributed by atoms with E-state index in [9.17, 15) is 0 Å². The van der Waals surface area contributed by atoms with E-state index in [2.05, 4.69) is 13.8 Å². The third kappa shape index (κ3) is 2.66. The standard InChI is InChI=1S/C12H18O2/c1-5-10(3)14-12-8-11(13-4)7-6-9(12)2/h6-8,10H,5H2,1-4H3. The van der Waals surface area contributed by atoms with Crippen LogP contribution in [0.4, 0.5) is 0 Å². The summed E-state index contributed by atoms with van der Waals surface area (Å²) in [5.41, 5.74) is 1.14. The van der Waals surface area contributed by atoms with Gasteiger partial charge in [-0.2, -0.15) is 0 Å². The molecule has 0 aliphatic rings. The number of aryl methyl sites for hydroxylation is 1. The first-order valence-corrected chi connectivity index (χ1v) is 4.98. The van der Waals surface area contributed by atoms with Crippen molar-refractivity contribution in [2.45, 2.75) is 33.3 Å². The van der Waals surface area contributed by atoms with Gasteiger partial charge in [-0.05, 0) is 31.9 Å². The topological polar surface area (TPSA) is 18.5 Å². The summed E-state index contributed by atoms with van der Waals surface area (Å²) < 4.78 is 10.9. The molecule has 2 nitrogen and oxygen atoms in total. The lowest BCUT2D eigenvalue weighted by Crippen LogP contribution is -2.10. The van der Waals surface area contributed by atoms with E-state index in [-0.39, 0.29) is 6.10 Å². The van der Waals surface area contributed by atoms with Gasteiger partial charge in [-0.3, -0.25) is 0 Å². The maximum Gasteiger partial charge on any atom is 0.126 e. The molecule has 0 N–H and O–H groups in total. The summed E-state index contributed by atoms with van der Waals surface area (Å²) in [5.74, 6) is 1.76. The van der Waals surface area contributed by atoms with Crippen LogP contribution < -0.4 is 9.47 Å². The molecule has 0 bridgehead atoms. The van der Waals surface area contributed by atoms with Gasteiger partial charge < -0.3 is 9.47 Å². The second-order valence-corrected chi connectivity index (χ2v) is 3.47. The molecule has 0 amide bonds. The molecule has 0 aromatic heterocycles. The van der Waals surface area contributed by atoms with E-state index in [1.54, 1.807) is 7.11 Å². The summed E-state index contributed by atoms with van der Waals surface area (Å²) in [6.45, 7) is 6.22. The highest BCUT2D eigenvalue weighted by molar-refractivity contribution is 5.39. The molecule has 0 saturated heterocycles. The van der Waals surface area contributed by atoms with E-state index in [4.69, 9.17) is 9.47 Å². The SMILES string of the molecule is CCC(C)Oc1cc(OC)ccc1C. The fourth-order valence-electron chi connectivity index (χ4n) is 1.13. The third-order valence-electron chi connectivity index (χ3n) is 2.30. The molecule has 1 aromatic rings. The number of hydrogen-bond acceptors (Lipinski definition) is 2. The van der Waals surface area contributed by atoms with Crippen LogP contribution in [0.1, 0.15) is 25.8 Å². The van der Waals surface area contributed by atoms with Crippen LogP contribution in [0.3, 0.4) is 0 Å². The molecule has 0 fully saturated rings. The van der Waals surface area contributed by atoms with Gasteiger partial charge in [-0.15, -0.1) is 0 Å². The summed E-state index contributed by atoms with van der Waals surface area (Å²) in [6, 6.07) is 5.89. The van der Waals surface area contributed by atoms with Gasteiger partial charge in [0, 0.05) is 6.07 Å². The van der Waals surface area contributed by atoms with Crippen molar-refractivity contribution >= 4 is 0 Å². The van der Waals surface area contributed by atoms with Crippen LogP contribution in [0.15, 0.2) is 18.2 Å². The molecule has 1 atom stereocenters. The van der Waals surface area contributed by atoms with E-state index in [0.29, 0.717) is 0 Å². The Morgan fingerprint density at radius 1 is 1.36 bits per heavy atom. The van der Waals surface area contributed by atoms with Crippen molar-refractivity contribution in [2.75, 3.05) is 7.11 Å². The van der Waals surface area contributed by atoms with Crippen LogP contribution in [0.2, 0.25) is 0 Å². The number of methoxy groups -OCH3 is 1. The Morgan fingerprint density at radius 3 is 2.64 bits per heavy atom. The first-order valence-electron chi connectivity index (χ1n) is 4.98. The Hall–Kier alpha value is -1.18. The van der Waals surface area contributed by atoms with Crippen molar-refractivity contribution < 1.29 is 9.47 Å². The molecule has 0 aliphatic carbocycles. The van der Waals surface area contributed by atoms with Crippen molar-refractivity contribution in [3.05, 3.63) is 23.8 Å². The molecule has 2 heteroatoms. The van der Waals surface area contributed by atoms with Crippen molar-refractivity contribution in [3.8, 4) is 11.5 Å². The first kappa shape index (κ1) is 10.9. The molecule has 0 saturated carbocycles. The summed E-state index contributed by atoms with van der Waals surface area (Å²) in [6.07, 6.45) is 1.26. The number of benzene rings is 1. The van der Waals surface area contributed by atoms with Crippen molar-refractivity contribution in [2.24, 2.45) is 0 Å². The molecule has 14 heavy (non-hydrogen) atoms. The maximum absolute atomic E-state index is 5.76. The zero-order valence-corrected chi connectivity index (χ0v) is 9.33. The second-order valence-electron chi connectivity index (χ2n) is 3.47. The van der Waals surface area contributed by atoms with Gasteiger partial charge >= 0.3 is 0 Å². The Morgan fingerprint density at radius 2 is 2.07 bits per heavy atom. The fourth-order valence-corrected chi connectivity index (χ4v) is 1.13. The van der Waals surface area contributed by atoms with E-state index in [1.165, 1.54) is 0 Å². The monoisotopic (exact) mass is 194 g/mol. The molecule has 0 aliphatic heterocycles. The predicted octanol–water partition coefficient (Wildman–Crippen LogP) is 3.18. The minimum Gasteiger partial charge on any atom is -0.497 e. The Bertz CT molecular complexity index is 294. The van der Waals surface area contributed by atoms with Gasteiger partial charge in [-0.1, -0.05) is 13.0 Å². The summed E-state index contributed by atoms with van der Waals surface area (Å²) in [4.78, 5) is 0. The van der Waals surface area contributed by atoms with Gasteiger partial charge in [0.1, 0.15) is 11.5 Å². The smallest absolute Gasteiger partial charge is 0.126 e. The zero-order valence-electron chi connectivity index (χ0n) is 9.33. The third-order valence-corrected chi connectivity index (χ3v) is 2.30. The lowest BCUT2D eigenvalue weighted by atomic mass is 10.2. The number of rotatable bonds is 4. The molecule has 0 heterocycles. The van der Waals surface area contributed by atoms with Gasteiger partial charge in [0.25, 0.3) is 0 Å². The molecule has 1 rings (SSSR count). The Balaban J connectivity index is 2.83. The minimum atomic E-state index is 0.251. The van der Waals surface area contributed by atoms with Crippen LogP contribution in [0, 0.1) is 6.92 Å². The summed E-state index contributed by atoms with van der Waals surface area (Å²) in [5, 5.41) is 0. The minimum absolute atomic E-state index is 0.251. The van der Waals surface area contributed by atoms with Crippen LogP contribution >= 0.6 is 0 Å². The molecule has 1 unspecified atom stereocenters. The van der Waals surface area contributed by atoms with Gasteiger partial charge in [0.15, 0.2) is 0 Å². The van der Waals surface area contributed by atoms with Crippen molar-refractivity contribution in [1.82, 2.24) is 0 Å². The van der Waals surface area contributed by atoms with Gasteiger partial charge in [0.2, 0.25) is 0 Å². The van der Waals surface area contributed by atoms with E-state index in [0.717, 1.165) is 23.5 Å². The van der Waals surface area contributed by atoms with E-state index in [1.807, 2.05) is 25.1 Å². The highest BCUT2D eigenvalue weighted by atomic mass is 16.5. The van der Waals surface area contributed by atoms with Crippen molar-refractivity contribution in [3.63, 3.8) is 0 Å². The predicted molar refractivity (Wildman–Crippen MR) is 58.1 cm³/mol. The number of hydrogen-bond donors (Lipinski definition) is 0. The summed E-state index contributed by atoms with van der Waals surface area (Å²) >= 11 is 0. The van der Waals surface area contributed by atoms with Crippen molar-refractivity contribution in [1.29, 1.82) is 0 Å². The summed E-state index contributed by atoms with van der Waals surface area (Å²) in [7, 11) is 1.66. The Labute approximate surface area is 85.8 Å². The van der Waals surface area contributed by atoms with Crippen LogP contribution in [-0.4, -0.2) is 13.2 Å². The largest absolute Gasteiger partial charge is 0.497 e. The number of ether oxygens (including phenoxy) is 2. The molecule has 78 valence electrons. The van der Waals surface area contributed by atoms with Gasteiger partial charge in [0.05, 0.1) is 13.2 Å². The van der Waals surface area contributed by atoms with E-state index < -0.39 is 0 Å². The average Bonchev–Trinajstić information content (AvgIpc) is 2.21. The Kier molecular flexibility index (Phi) is 3.81. The van der Waals surface area contributed by atoms with Crippen LogP contribution in [0.25, 0.3) is 0 Å². The highest BCUT2D eigenvalue weighted by Gasteiger charge is 2.05.